The number of carbonyl (C=O) groups is 1. The summed E-state index contributed by atoms with van der Waals surface area (Å²) in [4.78, 5) is 14.8. The lowest BCUT2D eigenvalue weighted by Crippen LogP contribution is -2.46. The highest BCUT2D eigenvalue weighted by Crippen LogP contribution is 2.29. The summed E-state index contributed by atoms with van der Waals surface area (Å²) in [6.07, 6.45) is 1.85. The quantitative estimate of drug-likeness (QED) is 0.771. The van der Waals surface area contributed by atoms with Gasteiger partial charge < -0.3 is 10.2 Å². The average molecular weight is 371 g/mol. The number of carbonyl (C=O) groups excluding carboxylic acids is 1. The summed E-state index contributed by atoms with van der Waals surface area (Å²) >= 11 is 0. The number of para-hydroxylation sites is 1. The first-order valence-corrected chi connectivity index (χ1v) is 8.93. The molecule has 1 aliphatic rings. The van der Waals surface area contributed by atoms with Crippen LogP contribution in [0.25, 0.3) is 0 Å². The minimum Gasteiger partial charge on any atom is -0.362 e. The van der Waals surface area contributed by atoms with Crippen molar-refractivity contribution in [2.45, 2.75) is 45.8 Å². The molecule has 4 heteroatoms. The first-order valence-electron chi connectivity index (χ1n) is 8.93. The number of nitrogens with one attached hydrogen (secondary N) is 1. The Morgan fingerprint density at radius 3 is 2.19 bits per heavy atom. The molecule has 3 rings (SSSR count). The molecular formula is C22H27ClN2O. The minimum absolute atomic E-state index is 0. The Morgan fingerprint density at radius 2 is 1.58 bits per heavy atom. The van der Waals surface area contributed by atoms with Crippen LogP contribution in [0.4, 0.5) is 5.69 Å². The Morgan fingerprint density at radius 1 is 1.00 bits per heavy atom. The van der Waals surface area contributed by atoms with Gasteiger partial charge >= 0.3 is 0 Å². The molecule has 3 nitrogen and oxygen atoms in total. The normalized spacial score (nSPS) is 17.9. The van der Waals surface area contributed by atoms with E-state index < -0.39 is 0 Å². The molecule has 0 aromatic heterocycles. The number of nitrogens with zero attached hydrogens (tertiary/aromatic N) is 1. The molecule has 1 aliphatic heterocycles. The standard InChI is InChI=1S/C22H26N2O.ClH/c1-16(14-15-19-10-6-4-7-11-19)24-21(17(2)18(3)22(24)25)23-20-12-8-5-9-13-20;/h4-13,16,21,23H,14-15H2,1-3H3;1H. The maximum absolute atomic E-state index is 12.8. The van der Waals surface area contributed by atoms with Crippen LogP contribution >= 0.6 is 12.4 Å². The Balaban J connectivity index is 0.00000243. The van der Waals surface area contributed by atoms with Crippen LogP contribution in [0.2, 0.25) is 0 Å². The Labute approximate surface area is 162 Å². The fraction of sp³-hybridized carbons (Fsp3) is 0.318. The van der Waals surface area contributed by atoms with E-state index in [0.717, 1.165) is 29.7 Å². The molecule has 0 bridgehead atoms. The van der Waals surface area contributed by atoms with E-state index in [1.807, 2.05) is 48.2 Å². The smallest absolute Gasteiger partial charge is 0.251 e. The third kappa shape index (κ3) is 4.28. The van der Waals surface area contributed by atoms with Crippen LogP contribution in [-0.4, -0.2) is 23.0 Å². The van der Waals surface area contributed by atoms with Crippen LogP contribution < -0.4 is 5.32 Å². The number of anilines is 1. The van der Waals surface area contributed by atoms with Crippen molar-refractivity contribution < 1.29 is 4.79 Å². The lowest BCUT2D eigenvalue weighted by Gasteiger charge is -2.33. The van der Waals surface area contributed by atoms with Gasteiger partial charge in [-0.15, -0.1) is 12.4 Å². The van der Waals surface area contributed by atoms with Gasteiger partial charge in [0.2, 0.25) is 0 Å². The van der Waals surface area contributed by atoms with Crippen molar-refractivity contribution >= 4 is 24.0 Å². The second-order valence-corrected chi connectivity index (χ2v) is 6.81. The van der Waals surface area contributed by atoms with Crippen molar-refractivity contribution in [2.75, 3.05) is 5.32 Å². The number of benzene rings is 2. The molecule has 0 radical (unpaired) electrons. The van der Waals surface area contributed by atoms with Crippen LogP contribution in [0, 0.1) is 0 Å². The van der Waals surface area contributed by atoms with E-state index in [1.54, 1.807) is 0 Å². The van der Waals surface area contributed by atoms with Crippen LogP contribution in [0.15, 0.2) is 71.8 Å². The second-order valence-electron chi connectivity index (χ2n) is 6.81. The van der Waals surface area contributed by atoms with Crippen LogP contribution in [-0.2, 0) is 11.2 Å². The molecule has 2 unspecified atom stereocenters. The van der Waals surface area contributed by atoms with Crippen molar-refractivity contribution in [3.05, 3.63) is 77.4 Å². The number of hydrogen-bond donors (Lipinski definition) is 1. The van der Waals surface area contributed by atoms with E-state index in [4.69, 9.17) is 0 Å². The second kappa shape index (κ2) is 8.91. The van der Waals surface area contributed by atoms with Gasteiger partial charge in [-0.2, -0.15) is 0 Å². The largest absolute Gasteiger partial charge is 0.362 e. The van der Waals surface area contributed by atoms with Crippen LogP contribution in [0.3, 0.4) is 0 Å². The summed E-state index contributed by atoms with van der Waals surface area (Å²) < 4.78 is 0. The highest BCUT2D eigenvalue weighted by atomic mass is 35.5. The predicted octanol–water partition coefficient (Wildman–Crippen LogP) is 5.05. The van der Waals surface area contributed by atoms with Crippen molar-refractivity contribution in [1.29, 1.82) is 0 Å². The molecule has 2 aromatic carbocycles. The zero-order chi connectivity index (χ0) is 17.8. The minimum atomic E-state index is -0.0688. The predicted molar refractivity (Wildman–Crippen MR) is 111 cm³/mol. The number of halogens is 1. The van der Waals surface area contributed by atoms with Gasteiger partial charge in [-0.05, 0) is 56.9 Å². The maximum Gasteiger partial charge on any atom is 0.251 e. The molecule has 1 amide bonds. The van der Waals surface area contributed by atoms with Crippen molar-refractivity contribution in [3.63, 3.8) is 0 Å². The van der Waals surface area contributed by atoms with Crippen LogP contribution in [0.1, 0.15) is 32.8 Å². The van der Waals surface area contributed by atoms with Gasteiger partial charge in [0.15, 0.2) is 0 Å². The molecule has 0 aliphatic carbocycles. The molecule has 1 N–H and O–H groups in total. The molecule has 0 spiro atoms. The van der Waals surface area contributed by atoms with Gasteiger partial charge in [0.05, 0.1) is 0 Å². The summed E-state index contributed by atoms with van der Waals surface area (Å²) in [6, 6.07) is 20.7. The third-order valence-electron chi connectivity index (χ3n) is 5.08. The first-order chi connectivity index (χ1) is 12.1. The number of rotatable bonds is 6. The highest BCUT2D eigenvalue weighted by molar-refractivity contribution is 5.97. The van der Waals surface area contributed by atoms with Gasteiger partial charge in [0.1, 0.15) is 6.17 Å². The Kier molecular flexibility index (Phi) is 6.87. The highest BCUT2D eigenvalue weighted by Gasteiger charge is 2.37. The van der Waals surface area contributed by atoms with Gasteiger partial charge in [-0.25, -0.2) is 0 Å². The van der Waals surface area contributed by atoms with E-state index in [9.17, 15) is 4.79 Å². The lowest BCUT2D eigenvalue weighted by molar-refractivity contribution is -0.128. The molecule has 1 heterocycles. The van der Waals surface area contributed by atoms with Crippen LogP contribution in [0.5, 0.6) is 0 Å². The molecule has 0 fully saturated rings. The van der Waals surface area contributed by atoms with Crippen molar-refractivity contribution in [3.8, 4) is 0 Å². The van der Waals surface area contributed by atoms with Crippen molar-refractivity contribution in [2.24, 2.45) is 0 Å². The maximum atomic E-state index is 12.8. The fourth-order valence-electron chi connectivity index (χ4n) is 3.38. The van der Waals surface area contributed by atoms with Gasteiger partial charge in [-0.3, -0.25) is 4.79 Å². The van der Waals surface area contributed by atoms with E-state index >= 15 is 0 Å². The average Bonchev–Trinajstić information content (AvgIpc) is 2.85. The molecule has 0 saturated heterocycles. The topological polar surface area (TPSA) is 32.3 Å². The summed E-state index contributed by atoms with van der Waals surface area (Å²) in [5, 5.41) is 3.53. The number of hydrogen-bond acceptors (Lipinski definition) is 2. The zero-order valence-corrected chi connectivity index (χ0v) is 16.4. The molecular weight excluding hydrogens is 344 g/mol. The summed E-state index contributed by atoms with van der Waals surface area (Å²) in [6.45, 7) is 6.13. The number of amides is 1. The molecule has 2 atom stereocenters. The summed E-state index contributed by atoms with van der Waals surface area (Å²) in [7, 11) is 0. The van der Waals surface area contributed by atoms with Crippen molar-refractivity contribution in [1.82, 2.24) is 4.90 Å². The van der Waals surface area contributed by atoms with Gasteiger partial charge in [0.25, 0.3) is 5.91 Å². The Hall–Kier alpha value is -2.26. The van der Waals surface area contributed by atoms with Gasteiger partial charge in [0, 0.05) is 17.3 Å². The molecule has 138 valence electrons. The van der Waals surface area contributed by atoms with Gasteiger partial charge in [-0.1, -0.05) is 48.5 Å². The van der Waals surface area contributed by atoms with E-state index in [-0.39, 0.29) is 30.5 Å². The number of aryl methyl sites for hydroxylation is 1. The Bertz CT molecular complexity index is 758. The van der Waals surface area contributed by atoms with E-state index in [0.29, 0.717) is 0 Å². The fourth-order valence-corrected chi connectivity index (χ4v) is 3.38. The summed E-state index contributed by atoms with van der Waals surface area (Å²) in [5.74, 6) is 0.145. The summed E-state index contributed by atoms with van der Waals surface area (Å²) in [5.41, 5.74) is 4.32. The van der Waals surface area contributed by atoms with E-state index in [1.165, 1.54) is 5.56 Å². The molecule has 26 heavy (non-hydrogen) atoms. The monoisotopic (exact) mass is 370 g/mol. The lowest BCUT2D eigenvalue weighted by atomic mass is 10.0. The van der Waals surface area contributed by atoms with E-state index in [2.05, 4.69) is 43.4 Å². The first kappa shape index (κ1) is 20.1. The SMILES string of the molecule is CC1=C(C)C(Nc2ccccc2)N(C(C)CCc2ccccc2)C1=O.Cl. The zero-order valence-electron chi connectivity index (χ0n) is 15.6. The molecule has 0 saturated carbocycles. The molecule has 2 aromatic rings. The third-order valence-corrected chi connectivity index (χ3v) is 5.08.